The maximum atomic E-state index is 11.5. The molecule has 0 aliphatic carbocycles. The van der Waals surface area contributed by atoms with E-state index in [2.05, 4.69) is 9.98 Å². The molecule has 1 atom stereocenters. The van der Waals surface area contributed by atoms with Crippen molar-refractivity contribution in [2.45, 2.75) is 19.4 Å². The Balaban J connectivity index is 2.18. The van der Waals surface area contributed by atoms with Gasteiger partial charge in [0.05, 0.1) is 0 Å². The molecule has 4 heteroatoms. The van der Waals surface area contributed by atoms with Gasteiger partial charge in [-0.15, -0.1) is 0 Å². The van der Waals surface area contributed by atoms with Gasteiger partial charge >= 0.3 is 0 Å². The fraction of sp³-hybridized carbons (Fsp3) is 0.300. The monoisotopic (exact) mass is 189 g/mol. The molecule has 72 valence electrons. The SMILES string of the molecule is CC=CCC1C(=O)N=C2N=CC=CN21. The van der Waals surface area contributed by atoms with Gasteiger partial charge in [-0.2, -0.15) is 4.99 Å². The molecule has 0 N–H and O–H groups in total. The van der Waals surface area contributed by atoms with Crippen LogP contribution in [0.5, 0.6) is 0 Å². The first-order chi connectivity index (χ1) is 6.83. The number of amides is 1. The molecule has 0 aromatic carbocycles. The average Bonchev–Trinajstić information content (AvgIpc) is 2.51. The van der Waals surface area contributed by atoms with E-state index < -0.39 is 0 Å². The first-order valence-electron chi connectivity index (χ1n) is 4.56. The number of carbonyl (C=O) groups is 1. The van der Waals surface area contributed by atoms with Crippen LogP contribution in [0.15, 0.2) is 34.4 Å². The minimum Gasteiger partial charge on any atom is -0.304 e. The van der Waals surface area contributed by atoms with Gasteiger partial charge in [0.2, 0.25) is 5.96 Å². The minimum absolute atomic E-state index is 0.109. The van der Waals surface area contributed by atoms with Crippen LogP contribution >= 0.6 is 0 Å². The van der Waals surface area contributed by atoms with Gasteiger partial charge in [0, 0.05) is 12.4 Å². The molecule has 0 bridgehead atoms. The molecule has 0 saturated heterocycles. The molecule has 0 radical (unpaired) electrons. The number of aliphatic imine (C=N–C) groups is 2. The third-order valence-electron chi connectivity index (χ3n) is 2.18. The lowest BCUT2D eigenvalue weighted by molar-refractivity contribution is -0.119. The molecule has 0 aromatic heterocycles. The van der Waals surface area contributed by atoms with Crippen molar-refractivity contribution in [1.82, 2.24) is 4.90 Å². The number of hydrogen-bond acceptors (Lipinski definition) is 3. The van der Waals surface area contributed by atoms with Crippen LogP contribution in [-0.4, -0.2) is 29.0 Å². The third kappa shape index (κ3) is 1.39. The topological polar surface area (TPSA) is 45.0 Å². The molecule has 2 heterocycles. The van der Waals surface area contributed by atoms with Crippen LogP contribution in [0.25, 0.3) is 0 Å². The van der Waals surface area contributed by atoms with Crippen LogP contribution in [0.3, 0.4) is 0 Å². The Hall–Kier alpha value is -1.71. The Morgan fingerprint density at radius 2 is 2.50 bits per heavy atom. The van der Waals surface area contributed by atoms with E-state index in [1.165, 1.54) is 0 Å². The van der Waals surface area contributed by atoms with Gasteiger partial charge in [0.1, 0.15) is 6.04 Å². The fourth-order valence-corrected chi connectivity index (χ4v) is 1.48. The van der Waals surface area contributed by atoms with Crippen molar-refractivity contribution in [2.75, 3.05) is 0 Å². The summed E-state index contributed by atoms with van der Waals surface area (Å²) in [5.74, 6) is 0.397. The second-order valence-corrected chi connectivity index (χ2v) is 3.10. The van der Waals surface area contributed by atoms with Crippen molar-refractivity contribution < 1.29 is 4.79 Å². The van der Waals surface area contributed by atoms with Crippen molar-refractivity contribution >= 4 is 18.1 Å². The van der Waals surface area contributed by atoms with Gasteiger partial charge in [0.25, 0.3) is 5.91 Å². The Bertz CT molecular complexity index is 366. The van der Waals surface area contributed by atoms with Gasteiger partial charge in [-0.05, 0) is 19.4 Å². The van der Waals surface area contributed by atoms with Gasteiger partial charge < -0.3 is 4.90 Å². The first kappa shape index (κ1) is 8.87. The van der Waals surface area contributed by atoms with Crippen LogP contribution in [0, 0.1) is 0 Å². The summed E-state index contributed by atoms with van der Waals surface area (Å²) in [6, 6.07) is -0.199. The highest BCUT2D eigenvalue weighted by Crippen LogP contribution is 2.18. The van der Waals surface area contributed by atoms with Crippen molar-refractivity contribution in [2.24, 2.45) is 9.98 Å². The van der Waals surface area contributed by atoms with E-state index in [0.717, 1.165) is 0 Å². The van der Waals surface area contributed by atoms with Crippen LogP contribution < -0.4 is 0 Å². The van der Waals surface area contributed by atoms with Crippen LogP contribution in [-0.2, 0) is 4.79 Å². The Morgan fingerprint density at radius 1 is 1.64 bits per heavy atom. The molecule has 1 amide bonds. The summed E-state index contributed by atoms with van der Waals surface area (Å²) >= 11 is 0. The number of guanidine groups is 1. The van der Waals surface area contributed by atoms with E-state index in [4.69, 9.17) is 0 Å². The van der Waals surface area contributed by atoms with E-state index in [1.54, 1.807) is 12.3 Å². The van der Waals surface area contributed by atoms with Crippen molar-refractivity contribution in [3.63, 3.8) is 0 Å². The summed E-state index contributed by atoms with van der Waals surface area (Å²) in [6.45, 7) is 1.94. The summed E-state index contributed by atoms with van der Waals surface area (Å²) in [5, 5.41) is 0. The summed E-state index contributed by atoms with van der Waals surface area (Å²) in [6.07, 6.45) is 9.86. The second-order valence-electron chi connectivity index (χ2n) is 3.10. The van der Waals surface area contributed by atoms with E-state index in [0.29, 0.717) is 12.4 Å². The van der Waals surface area contributed by atoms with Crippen LogP contribution in [0.2, 0.25) is 0 Å². The van der Waals surface area contributed by atoms with Crippen LogP contribution in [0.4, 0.5) is 0 Å². The second kappa shape index (κ2) is 3.57. The summed E-state index contributed by atoms with van der Waals surface area (Å²) in [4.78, 5) is 21.2. The molecule has 0 spiro atoms. The number of allylic oxidation sites excluding steroid dienone is 2. The lowest BCUT2D eigenvalue weighted by Crippen LogP contribution is -2.33. The fourth-order valence-electron chi connectivity index (χ4n) is 1.48. The Kier molecular flexibility index (Phi) is 2.26. The highest BCUT2D eigenvalue weighted by molar-refractivity contribution is 6.07. The standard InChI is InChI=1S/C10H11N3O/c1-2-3-5-8-9(14)12-10-11-6-4-7-13(8)10/h2-4,6-8H,5H2,1H3. The number of hydrogen-bond donors (Lipinski definition) is 0. The molecule has 0 saturated carbocycles. The molecular weight excluding hydrogens is 178 g/mol. The number of fused-ring (bicyclic) bond motifs is 1. The maximum absolute atomic E-state index is 11.5. The Labute approximate surface area is 82.3 Å². The molecule has 2 rings (SSSR count). The predicted octanol–water partition coefficient (Wildman–Crippen LogP) is 1.12. The van der Waals surface area contributed by atoms with Gasteiger partial charge in [-0.1, -0.05) is 12.2 Å². The largest absolute Gasteiger partial charge is 0.304 e. The molecule has 4 nitrogen and oxygen atoms in total. The van der Waals surface area contributed by atoms with E-state index in [9.17, 15) is 4.79 Å². The average molecular weight is 189 g/mol. The summed E-state index contributed by atoms with van der Waals surface area (Å²) < 4.78 is 0. The molecule has 1 unspecified atom stereocenters. The smallest absolute Gasteiger partial charge is 0.272 e. The van der Waals surface area contributed by atoms with E-state index in [-0.39, 0.29) is 11.9 Å². The van der Waals surface area contributed by atoms with Gasteiger partial charge in [0.15, 0.2) is 0 Å². The summed E-state index contributed by atoms with van der Waals surface area (Å²) in [7, 11) is 0. The minimum atomic E-state index is -0.199. The maximum Gasteiger partial charge on any atom is 0.272 e. The molecule has 2 aliphatic rings. The normalized spacial score (nSPS) is 24.6. The molecular formula is C10H11N3O. The quantitative estimate of drug-likeness (QED) is 0.611. The van der Waals surface area contributed by atoms with E-state index >= 15 is 0 Å². The van der Waals surface area contributed by atoms with Gasteiger partial charge in [-0.3, -0.25) is 4.79 Å². The highest BCUT2D eigenvalue weighted by Gasteiger charge is 2.33. The molecule has 0 aromatic rings. The first-order valence-corrected chi connectivity index (χ1v) is 4.56. The zero-order chi connectivity index (χ0) is 9.97. The van der Waals surface area contributed by atoms with Crippen molar-refractivity contribution in [3.8, 4) is 0 Å². The Morgan fingerprint density at radius 3 is 3.29 bits per heavy atom. The number of nitrogens with zero attached hydrogens (tertiary/aromatic N) is 3. The van der Waals surface area contributed by atoms with Crippen LogP contribution in [0.1, 0.15) is 13.3 Å². The van der Waals surface area contributed by atoms with Crippen molar-refractivity contribution in [3.05, 3.63) is 24.4 Å². The molecule has 14 heavy (non-hydrogen) atoms. The lowest BCUT2D eigenvalue weighted by atomic mass is 10.2. The lowest BCUT2D eigenvalue weighted by Gasteiger charge is -2.20. The molecule has 0 fully saturated rings. The molecule has 2 aliphatic heterocycles. The number of rotatable bonds is 2. The van der Waals surface area contributed by atoms with Crippen molar-refractivity contribution in [1.29, 1.82) is 0 Å². The summed E-state index contributed by atoms with van der Waals surface area (Å²) in [5.41, 5.74) is 0. The van der Waals surface area contributed by atoms with Gasteiger partial charge in [-0.25, -0.2) is 4.99 Å². The zero-order valence-corrected chi connectivity index (χ0v) is 7.92. The van der Waals surface area contributed by atoms with E-state index in [1.807, 2.05) is 30.2 Å². The third-order valence-corrected chi connectivity index (χ3v) is 2.18. The number of carbonyl (C=O) groups excluding carboxylic acids is 1. The predicted molar refractivity (Wildman–Crippen MR) is 55.1 cm³/mol. The zero-order valence-electron chi connectivity index (χ0n) is 7.92. The highest BCUT2D eigenvalue weighted by atomic mass is 16.2.